The van der Waals surface area contributed by atoms with Gasteiger partial charge in [-0.15, -0.1) is 0 Å². The van der Waals surface area contributed by atoms with Crippen LogP contribution >= 0.6 is 0 Å². The molecule has 0 aliphatic rings. The van der Waals surface area contributed by atoms with Crippen LogP contribution in [0.2, 0.25) is 0 Å². The van der Waals surface area contributed by atoms with Crippen molar-refractivity contribution < 1.29 is 9.13 Å². The van der Waals surface area contributed by atoms with Gasteiger partial charge in [-0.05, 0) is 38.8 Å². The lowest BCUT2D eigenvalue weighted by Crippen LogP contribution is -2.25. The third kappa shape index (κ3) is 6.12. The Hall–Kier alpha value is -0.930. The summed E-state index contributed by atoms with van der Waals surface area (Å²) in [7, 11) is 0. The van der Waals surface area contributed by atoms with E-state index in [2.05, 4.69) is 19.2 Å². The van der Waals surface area contributed by atoms with Crippen LogP contribution in [0.15, 0.2) is 24.3 Å². The highest BCUT2D eigenvalue weighted by Gasteiger charge is 2.01. The van der Waals surface area contributed by atoms with Crippen molar-refractivity contribution in [2.75, 3.05) is 13.2 Å². The molecule has 2 nitrogen and oxygen atoms in total. The number of nitrogens with one attached hydrogen (secondary N) is 1. The van der Waals surface area contributed by atoms with E-state index in [0.717, 1.165) is 25.8 Å². The average Bonchev–Trinajstić information content (AvgIpc) is 2.36. The molecule has 0 fully saturated rings. The molecule has 0 bridgehead atoms. The molecule has 0 aliphatic heterocycles. The molecular weight excluding hydrogens is 229 g/mol. The largest absolute Gasteiger partial charge is 0.377 e. The molecule has 0 aliphatic carbocycles. The van der Waals surface area contributed by atoms with Crippen LogP contribution in [0, 0.1) is 5.82 Å². The van der Waals surface area contributed by atoms with Gasteiger partial charge in [0.15, 0.2) is 0 Å². The van der Waals surface area contributed by atoms with Crippen LogP contribution in [0.25, 0.3) is 0 Å². The summed E-state index contributed by atoms with van der Waals surface area (Å²) in [4.78, 5) is 0. The van der Waals surface area contributed by atoms with E-state index in [0.29, 0.717) is 24.8 Å². The summed E-state index contributed by atoms with van der Waals surface area (Å²) in [5, 5.41) is 3.38. The van der Waals surface area contributed by atoms with Gasteiger partial charge in [0.2, 0.25) is 0 Å². The molecule has 1 rings (SSSR count). The summed E-state index contributed by atoms with van der Waals surface area (Å²) in [6, 6.07) is 7.33. The molecular formula is C15H24FNO. The zero-order chi connectivity index (χ0) is 13.2. The smallest absolute Gasteiger partial charge is 0.128 e. The fourth-order valence-corrected chi connectivity index (χ4v) is 1.90. The lowest BCUT2D eigenvalue weighted by atomic mass is 10.1. The average molecular weight is 253 g/mol. The summed E-state index contributed by atoms with van der Waals surface area (Å²) >= 11 is 0. The first kappa shape index (κ1) is 15.1. The van der Waals surface area contributed by atoms with Gasteiger partial charge in [-0.25, -0.2) is 4.39 Å². The second-order valence-corrected chi connectivity index (χ2v) is 4.60. The fourth-order valence-electron chi connectivity index (χ4n) is 1.90. The normalized spacial score (nSPS) is 12.6. The van der Waals surface area contributed by atoms with Gasteiger partial charge in [-0.3, -0.25) is 0 Å². The van der Waals surface area contributed by atoms with Gasteiger partial charge in [0.25, 0.3) is 0 Å². The Morgan fingerprint density at radius 3 is 2.78 bits per heavy atom. The number of ether oxygens (including phenoxy) is 1. The molecule has 0 saturated carbocycles. The van der Waals surface area contributed by atoms with Crippen molar-refractivity contribution in [3.05, 3.63) is 35.6 Å². The highest BCUT2D eigenvalue weighted by molar-refractivity contribution is 5.16. The molecule has 102 valence electrons. The molecule has 1 N–H and O–H groups in total. The minimum Gasteiger partial charge on any atom is -0.377 e. The maximum absolute atomic E-state index is 13.3. The fraction of sp³-hybridized carbons (Fsp3) is 0.600. The zero-order valence-electron chi connectivity index (χ0n) is 11.4. The number of rotatable bonds is 9. The maximum Gasteiger partial charge on any atom is 0.128 e. The van der Waals surface area contributed by atoms with Crippen LogP contribution in [-0.2, 0) is 11.3 Å². The number of unbranched alkanes of at least 4 members (excludes halogenated alkanes) is 1. The van der Waals surface area contributed by atoms with E-state index >= 15 is 0 Å². The molecule has 0 radical (unpaired) electrons. The monoisotopic (exact) mass is 253 g/mol. The van der Waals surface area contributed by atoms with E-state index < -0.39 is 0 Å². The van der Waals surface area contributed by atoms with Gasteiger partial charge in [0.1, 0.15) is 5.82 Å². The minimum atomic E-state index is -0.182. The van der Waals surface area contributed by atoms with Crippen molar-refractivity contribution in [1.82, 2.24) is 5.32 Å². The van der Waals surface area contributed by atoms with Crippen LogP contribution in [0.4, 0.5) is 4.39 Å². The minimum absolute atomic E-state index is 0.182. The molecule has 1 aromatic carbocycles. The van der Waals surface area contributed by atoms with Gasteiger partial charge in [-0.2, -0.15) is 0 Å². The van der Waals surface area contributed by atoms with Crippen LogP contribution in [0.5, 0.6) is 0 Å². The molecule has 0 heterocycles. The highest BCUT2D eigenvalue weighted by atomic mass is 19.1. The van der Waals surface area contributed by atoms with E-state index in [4.69, 9.17) is 4.74 Å². The zero-order valence-corrected chi connectivity index (χ0v) is 11.4. The van der Waals surface area contributed by atoms with E-state index in [-0.39, 0.29) is 5.82 Å². The van der Waals surface area contributed by atoms with Crippen molar-refractivity contribution >= 4 is 0 Å². The quantitative estimate of drug-likeness (QED) is 0.680. The Labute approximate surface area is 110 Å². The third-order valence-electron chi connectivity index (χ3n) is 2.94. The molecule has 1 aromatic rings. The molecule has 0 amide bonds. The van der Waals surface area contributed by atoms with Crippen LogP contribution in [0.1, 0.15) is 38.7 Å². The SMILES string of the molecule is CCNC(C)CCCCOCc1ccccc1F. The van der Waals surface area contributed by atoms with Crippen LogP contribution in [-0.4, -0.2) is 19.2 Å². The lowest BCUT2D eigenvalue weighted by Gasteiger charge is -2.11. The van der Waals surface area contributed by atoms with Crippen molar-refractivity contribution in [2.45, 2.75) is 45.8 Å². The molecule has 0 aromatic heterocycles. The number of benzene rings is 1. The van der Waals surface area contributed by atoms with Gasteiger partial charge in [0.05, 0.1) is 6.61 Å². The summed E-state index contributed by atoms with van der Waals surface area (Å²) < 4.78 is 18.7. The third-order valence-corrected chi connectivity index (χ3v) is 2.94. The van der Waals surface area contributed by atoms with Crippen LogP contribution < -0.4 is 5.32 Å². The highest BCUT2D eigenvalue weighted by Crippen LogP contribution is 2.08. The summed E-state index contributed by atoms with van der Waals surface area (Å²) in [5.74, 6) is -0.182. The summed E-state index contributed by atoms with van der Waals surface area (Å²) in [6.07, 6.45) is 3.34. The molecule has 0 spiro atoms. The summed E-state index contributed by atoms with van der Waals surface area (Å²) in [6.45, 7) is 6.41. The van der Waals surface area contributed by atoms with Crippen molar-refractivity contribution in [3.8, 4) is 0 Å². The van der Waals surface area contributed by atoms with E-state index in [1.807, 2.05) is 6.07 Å². The number of hydrogen-bond acceptors (Lipinski definition) is 2. The Bertz CT molecular complexity index is 330. The van der Waals surface area contributed by atoms with E-state index in [1.165, 1.54) is 6.07 Å². The molecule has 1 unspecified atom stereocenters. The standard InChI is InChI=1S/C15H24FNO/c1-3-17-13(2)8-6-7-11-18-12-14-9-4-5-10-15(14)16/h4-5,9-10,13,17H,3,6-8,11-12H2,1-2H3. The van der Waals surface area contributed by atoms with Gasteiger partial charge in [-0.1, -0.05) is 25.1 Å². The van der Waals surface area contributed by atoms with Gasteiger partial charge < -0.3 is 10.1 Å². The number of halogens is 1. The molecule has 18 heavy (non-hydrogen) atoms. The van der Waals surface area contributed by atoms with Crippen LogP contribution in [0.3, 0.4) is 0 Å². The lowest BCUT2D eigenvalue weighted by molar-refractivity contribution is 0.114. The van der Waals surface area contributed by atoms with Crippen molar-refractivity contribution in [3.63, 3.8) is 0 Å². The topological polar surface area (TPSA) is 21.3 Å². The number of hydrogen-bond donors (Lipinski definition) is 1. The first-order chi connectivity index (χ1) is 8.74. The Morgan fingerprint density at radius 2 is 2.06 bits per heavy atom. The molecule has 1 atom stereocenters. The Morgan fingerprint density at radius 1 is 1.28 bits per heavy atom. The van der Waals surface area contributed by atoms with Gasteiger partial charge in [0, 0.05) is 18.2 Å². The predicted octanol–water partition coefficient (Wildman–Crippen LogP) is 3.51. The van der Waals surface area contributed by atoms with E-state index in [1.54, 1.807) is 12.1 Å². The van der Waals surface area contributed by atoms with Crippen molar-refractivity contribution in [2.24, 2.45) is 0 Å². The Balaban J connectivity index is 2.04. The Kier molecular flexibility index (Phi) is 7.62. The predicted molar refractivity (Wildman–Crippen MR) is 73.0 cm³/mol. The first-order valence-electron chi connectivity index (χ1n) is 6.78. The maximum atomic E-state index is 13.3. The second-order valence-electron chi connectivity index (χ2n) is 4.60. The summed E-state index contributed by atoms with van der Waals surface area (Å²) in [5.41, 5.74) is 0.638. The molecule has 0 saturated heterocycles. The van der Waals surface area contributed by atoms with Gasteiger partial charge >= 0.3 is 0 Å². The van der Waals surface area contributed by atoms with Crippen molar-refractivity contribution in [1.29, 1.82) is 0 Å². The first-order valence-corrected chi connectivity index (χ1v) is 6.78. The molecule has 3 heteroatoms. The van der Waals surface area contributed by atoms with E-state index in [9.17, 15) is 4.39 Å². The second kappa shape index (κ2) is 9.06.